The minimum absolute atomic E-state index is 0.246. The highest BCUT2D eigenvalue weighted by Gasteiger charge is 2.56. The topological polar surface area (TPSA) is 17.1 Å². The molecule has 3 aliphatic rings. The molecule has 0 aliphatic heterocycles. The molecule has 4 atom stereocenters. The summed E-state index contributed by atoms with van der Waals surface area (Å²) in [7, 11) is 0. The fourth-order valence-electron chi connectivity index (χ4n) is 5.52. The molecule has 0 aromatic heterocycles. The predicted octanol–water partition coefficient (Wildman–Crippen LogP) is 5.15. The van der Waals surface area contributed by atoms with Crippen molar-refractivity contribution in [3.05, 3.63) is 71.3 Å². The third kappa shape index (κ3) is 1.90. The summed E-state index contributed by atoms with van der Waals surface area (Å²) in [6, 6.07) is 19.1. The van der Waals surface area contributed by atoms with E-state index in [1.165, 1.54) is 36.0 Å². The van der Waals surface area contributed by atoms with E-state index in [1.807, 2.05) is 0 Å². The Balaban J connectivity index is 1.73. The summed E-state index contributed by atoms with van der Waals surface area (Å²) in [5.74, 6) is 2.44. The number of carbonyl (C=O) groups is 1. The molecule has 0 N–H and O–H groups in total. The zero-order valence-corrected chi connectivity index (χ0v) is 14.0. The van der Waals surface area contributed by atoms with Crippen molar-refractivity contribution in [1.29, 1.82) is 0 Å². The molecule has 0 amide bonds. The molecule has 120 valence electrons. The molecule has 2 saturated carbocycles. The lowest BCUT2D eigenvalue weighted by Gasteiger charge is -2.26. The maximum Gasteiger partial charge on any atom is 0.167 e. The van der Waals surface area contributed by atoms with Gasteiger partial charge in [0.1, 0.15) is 0 Å². The SMILES string of the molecule is Cc1ccc(C2=C(c3ccccc3)C3C(C2=O)[C@H]2CC[C@@H]3C2)cc1. The van der Waals surface area contributed by atoms with Crippen LogP contribution in [-0.2, 0) is 4.79 Å². The third-order valence-corrected chi connectivity index (χ3v) is 6.49. The molecule has 2 bridgehead atoms. The van der Waals surface area contributed by atoms with Gasteiger partial charge in [0.25, 0.3) is 0 Å². The van der Waals surface area contributed by atoms with Crippen molar-refractivity contribution in [3.63, 3.8) is 0 Å². The molecule has 2 aromatic carbocycles. The molecule has 0 saturated heterocycles. The van der Waals surface area contributed by atoms with Gasteiger partial charge in [-0.05, 0) is 60.6 Å². The van der Waals surface area contributed by atoms with Crippen molar-refractivity contribution < 1.29 is 4.79 Å². The Bertz CT molecular complexity index is 828. The molecule has 0 radical (unpaired) electrons. The van der Waals surface area contributed by atoms with Crippen molar-refractivity contribution in [1.82, 2.24) is 0 Å². The molecule has 1 heteroatoms. The number of Topliss-reactive ketones (excluding diaryl/α,β-unsaturated/α-hetero) is 1. The summed E-state index contributed by atoms with van der Waals surface area (Å²) in [5.41, 5.74) is 5.94. The Labute approximate surface area is 143 Å². The summed E-state index contributed by atoms with van der Waals surface area (Å²) in [6.45, 7) is 2.10. The number of hydrogen-bond acceptors (Lipinski definition) is 1. The lowest BCUT2D eigenvalue weighted by molar-refractivity contribution is -0.118. The van der Waals surface area contributed by atoms with Gasteiger partial charge in [0.2, 0.25) is 0 Å². The van der Waals surface area contributed by atoms with Gasteiger partial charge < -0.3 is 0 Å². The van der Waals surface area contributed by atoms with Gasteiger partial charge in [-0.3, -0.25) is 4.79 Å². The number of rotatable bonds is 2. The first-order valence-corrected chi connectivity index (χ1v) is 9.15. The van der Waals surface area contributed by atoms with Crippen LogP contribution in [0.4, 0.5) is 0 Å². The summed E-state index contributed by atoms with van der Waals surface area (Å²) in [6.07, 6.45) is 3.82. The van der Waals surface area contributed by atoms with Crippen molar-refractivity contribution in [2.24, 2.45) is 23.7 Å². The van der Waals surface area contributed by atoms with Crippen LogP contribution in [0.25, 0.3) is 11.1 Å². The van der Waals surface area contributed by atoms with Gasteiger partial charge in [0.15, 0.2) is 5.78 Å². The van der Waals surface area contributed by atoms with E-state index in [1.54, 1.807) is 0 Å². The van der Waals surface area contributed by atoms with Crippen molar-refractivity contribution in [2.75, 3.05) is 0 Å². The van der Waals surface area contributed by atoms with Crippen LogP contribution < -0.4 is 0 Å². The maximum absolute atomic E-state index is 13.4. The second-order valence-corrected chi connectivity index (χ2v) is 7.77. The van der Waals surface area contributed by atoms with Crippen LogP contribution in [0.2, 0.25) is 0 Å². The molecule has 24 heavy (non-hydrogen) atoms. The van der Waals surface area contributed by atoms with Crippen LogP contribution in [0.3, 0.4) is 0 Å². The van der Waals surface area contributed by atoms with E-state index in [-0.39, 0.29) is 5.92 Å². The van der Waals surface area contributed by atoms with Crippen molar-refractivity contribution in [3.8, 4) is 0 Å². The van der Waals surface area contributed by atoms with Crippen molar-refractivity contribution in [2.45, 2.75) is 26.2 Å². The Hall–Kier alpha value is -2.15. The molecule has 3 aliphatic carbocycles. The predicted molar refractivity (Wildman–Crippen MR) is 97.3 cm³/mol. The summed E-state index contributed by atoms with van der Waals surface area (Å²) >= 11 is 0. The highest BCUT2D eigenvalue weighted by Crippen LogP contribution is 2.62. The normalized spacial score (nSPS) is 31.0. The highest BCUT2D eigenvalue weighted by molar-refractivity contribution is 6.32. The van der Waals surface area contributed by atoms with Crippen LogP contribution >= 0.6 is 0 Å². The molecular formula is C23H22O. The quantitative estimate of drug-likeness (QED) is 0.749. The average molecular weight is 314 g/mol. The van der Waals surface area contributed by atoms with Crippen LogP contribution in [0.5, 0.6) is 0 Å². The minimum Gasteiger partial charge on any atom is -0.294 e. The Morgan fingerprint density at radius 3 is 2.17 bits per heavy atom. The highest BCUT2D eigenvalue weighted by atomic mass is 16.1. The van der Waals surface area contributed by atoms with Crippen LogP contribution in [0.1, 0.15) is 36.0 Å². The monoisotopic (exact) mass is 314 g/mol. The lowest BCUT2D eigenvalue weighted by Crippen LogP contribution is -2.24. The van der Waals surface area contributed by atoms with E-state index in [0.717, 1.165) is 11.1 Å². The number of carbonyl (C=O) groups excluding carboxylic acids is 1. The van der Waals surface area contributed by atoms with Gasteiger partial charge in [0, 0.05) is 11.5 Å². The first-order valence-electron chi connectivity index (χ1n) is 9.15. The lowest BCUT2D eigenvalue weighted by atomic mass is 9.77. The van der Waals surface area contributed by atoms with Crippen molar-refractivity contribution >= 4 is 16.9 Å². The van der Waals surface area contributed by atoms with Crippen LogP contribution in [0, 0.1) is 30.6 Å². The molecule has 0 spiro atoms. The van der Waals surface area contributed by atoms with E-state index in [0.29, 0.717) is 23.5 Å². The van der Waals surface area contributed by atoms with Gasteiger partial charge in [-0.1, -0.05) is 60.2 Å². The smallest absolute Gasteiger partial charge is 0.167 e. The zero-order chi connectivity index (χ0) is 16.3. The Morgan fingerprint density at radius 2 is 1.46 bits per heavy atom. The molecule has 2 fully saturated rings. The summed E-state index contributed by atoms with van der Waals surface area (Å²) in [4.78, 5) is 13.4. The fraction of sp³-hybridized carbons (Fsp3) is 0.348. The number of aryl methyl sites for hydroxylation is 1. The maximum atomic E-state index is 13.4. The summed E-state index contributed by atoms with van der Waals surface area (Å²) in [5, 5.41) is 0. The van der Waals surface area contributed by atoms with E-state index in [9.17, 15) is 4.79 Å². The van der Waals surface area contributed by atoms with Gasteiger partial charge in [-0.2, -0.15) is 0 Å². The van der Waals surface area contributed by atoms with E-state index in [4.69, 9.17) is 0 Å². The fourth-order valence-corrected chi connectivity index (χ4v) is 5.52. The number of benzene rings is 2. The third-order valence-electron chi connectivity index (χ3n) is 6.49. The molecule has 1 nitrogen and oxygen atoms in total. The first-order chi connectivity index (χ1) is 11.7. The number of fused-ring (bicyclic) bond motifs is 5. The largest absolute Gasteiger partial charge is 0.294 e. The second-order valence-electron chi connectivity index (χ2n) is 7.77. The number of allylic oxidation sites excluding steroid dienone is 2. The van der Waals surface area contributed by atoms with E-state index >= 15 is 0 Å². The van der Waals surface area contributed by atoms with Gasteiger partial charge >= 0.3 is 0 Å². The number of ketones is 1. The van der Waals surface area contributed by atoms with Crippen LogP contribution in [0.15, 0.2) is 54.6 Å². The molecular weight excluding hydrogens is 292 g/mol. The molecule has 2 unspecified atom stereocenters. The zero-order valence-electron chi connectivity index (χ0n) is 14.0. The van der Waals surface area contributed by atoms with E-state index in [2.05, 4.69) is 61.5 Å². The molecule has 5 rings (SSSR count). The standard InChI is InChI=1S/C23H22O/c1-14-7-9-16(10-8-14)21-19(15-5-3-2-4-6-15)20-17-11-12-18(13-17)22(20)23(21)24/h2-10,17-18,20,22H,11-13H2,1H3/t17-,18+,20?,22?/m1/s1. The van der Waals surface area contributed by atoms with Gasteiger partial charge in [-0.25, -0.2) is 0 Å². The second kappa shape index (κ2) is 5.17. The average Bonchev–Trinajstić information content (AvgIpc) is 3.29. The Kier molecular flexibility index (Phi) is 3.06. The number of hydrogen-bond donors (Lipinski definition) is 0. The first kappa shape index (κ1) is 14.2. The van der Waals surface area contributed by atoms with E-state index < -0.39 is 0 Å². The van der Waals surface area contributed by atoms with Crippen LogP contribution in [-0.4, -0.2) is 5.78 Å². The summed E-state index contributed by atoms with van der Waals surface area (Å²) < 4.78 is 0. The molecule has 2 aromatic rings. The van der Waals surface area contributed by atoms with Gasteiger partial charge in [0.05, 0.1) is 0 Å². The van der Waals surface area contributed by atoms with Gasteiger partial charge in [-0.15, -0.1) is 0 Å². The Morgan fingerprint density at radius 1 is 0.792 bits per heavy atom. The minimum atomic E-state index is 0.246. The molecule has 0 heterocycles.